The van der Waals surface area contributed by atoms with Crippen LogP contribution in [0.25, 0.3) is 22.4 Å². The zero-order valence-corrected chi connectivity index (χ0v) is 38.4. The number of sulfone groups is 1. The number of hydrogen-bond acceptors (Lipinski definition) is 9. The largest absolute Gasteiger partial charge is 0.501 e. The van der Waals surface area contributed by atoms with Gasteiger partial charge < -0.3 is 25.4 Å². The first kappa shape index (κ1) is 46.8. The maximum Gasteiger partial charge on any atom is 0.501 e. The number of aromatic nitrogens is 1. The summed E-state index contributed by atoms with van der Waals surface area (Å²) < 4.78 is 114. The average Bonchev–Trinajstić information content (AvgIpc) is 3.50. The van der Waals surface area contributed by atoms with Gasteiger partial charge in [-0.1, -0.05) is 48.0 Å². The number of alkyl halides is 3. The molecule has 1 saturated heterocycles. The van der Waals surface area contributed by atoms with Crippen LogP contribution in [0, 0.1) is 19.7 Å². The van der Waals surface area contributed by atoms with Crippen molar-refractivity contribution in [2.45, 2.75) is 46.5 Å². The van der Waals surface area contributed by atoms with Gasteiger partial charge in [0.25, 0.3) is 19.9 Å². The molecule has 0 unspecified atom stereocenters. The highest BCUT2D eigenvalue weighted by Gasteiger charge is 2.48. The SMILES string of the molecule is Cc1c(-c2cccc(N3CCN(c4ccc(NS(=O)(=O)c5ccc(N[C@H](CCN)CSc6ccccc6)c(S(=O)(=O)C(F)(F)F)c5)cc4)CC3)c2)c(-c2ccc(Cl)c(F)c2)n(C)c1C. The zero-order chi connectivity index (χ0) is 46.0. The summed E-state index contributed by atoms with van der Waals surface area (Å²) in [6, 6.07) is 31.0. The summed E-state index contributed by atoms with van der Waals surface area (Å²) >= 11 is 7.43. The van der Waals surface area contributed by atoms with Crippen LogP contribution < -0.4 is 25.6 Å². The fraction of sp³-hybridized carbons (Fsp3) is 0.261. The standard InChI is InChI=1S/C46H47ClF4N6O4S3/c1-30-31(2)55(3)45(33-12-18-40(47)41(48)27-33)44(30)32-8-7-9-37(26-32)57-24-22-56(23-25-57)36-15-13-34(14-16-36)54-64(60,61)39-17-19-42(43(28-39)63(58,59)46(49,50)51)53-35(20-21-52)29-62-38-10-5-4-6-11-38/h4-19,26-28,35,53-54H,20-25,29,52H2,1-3H3/t35-/m1/s1. The van der Waals surface area contributed by atoms with Crippen LogP contribution in [0.1, 0.15) is 17.7 Å². The van der Waals surface area contributed by atoms with E-state index in [0.29, 0.717) is 44.4 Å². The van der Waals surface area contributed by atoms with E-state index in [4.69, 9.17) is 17.3 Å². The molecule has 64 heavy (non-hydrogen) atoms. The van der Waals surface area contributed by atoms with Gasteiger partial charge in [-0.05, 0) is 117 Å². The molecule has 338 valence electrons. The second-order valence-corrected chi connectivity index (χ2v) is 20.5. The van der Waals surface area contributed by atoms with Crippen LogP contribution in [0.15, 0.2) is 130 Å². The fourth-order valence-corrected chi connectivity index (χ4v) is 11.0. The summed E-state index contributed by atoms with van der Waals surface area (Å²) in [5.74, 6) is -0.137. The summed E-state index contributed by atoms with van der Waals surface area (Å²) in [6.07, 6.45) is 0.304. The molecule has 2 heterocycles. The maximum atomic E-state index is 14.6. The summed E-state index contributed by atoms with van der Waals surface area (Å²) in [5.41, 5.74) is 7.48. The van der Waals surface area contributed by atoms with Crippen LogP contribution >= 0.6 is 23.4 Å². The van der Waals surface area contributed by atoms with E-state index in [2.05, 4.69) is 49.5 Å². The molecule has 1 aliphatic heterocycles. The molecule has 0 spiro atoms. The number of nitrogens with one attached hydrogen (secondary N) is 2. The molecule has 0 saturated carbocycles. The number of hydrogen-bond donors (Lipinski definition) is 3. The van der Waals surface area contributed by atoms with Gasteiger partial charge in [0.15, 0.2) is 0 Å². The number of piperazine rings is 1. The van der Waals surface area contributed by atoms with Gasteiger partial charge in [0.05, 0.1) is 21.3 Å². The Bertz CT molecular complexity index is 2860. The molecular weight excluding hydrogens is 908 g/mol. The van der Waals surface area contributed by atoms with E-state index < -0.39 is 47.0 Å². The molecule has 5 aromatic carbocycles. The van der Waals surface area contributed by atoms with E-state index in [0.717, 1.165) is 62.0 Å². The predicted octanol–water partition coefficient (Wildman–Crippen LogP) is 10.1. The molecule has 7 rings (SSSR count). The molecule has 18 heteroatoms. The number of rotatable bonds is 15. The molecule has 1 aliphatic rings. The van der Waals surface area contributed by atoms with Crippen molar-refractivity contribution in [1.29, 1.82) is 0 Å². The molecule has 1 fully saturated rings. The van der Waals surface area contributed by atoms with E-state index in [-0.39, 0.29) is 22.9 Å². The van der Waals surface area contributed by atoms with E-state index >= 15 is 0 Å². The van der Waals surface area contributed by atoms with E-state index in [1.807, 2.05) is 56.4 Å². The van der Waals surface area contributed by atoms with Gasteiger partial charge in [-0.3, -0.25) is 4.72 Å². The number of nitrogens with two attached hydrogens (primary N) is 1. The fourth-order valence-electron chi connectivity index (χ4n) is 7.78. The second-order valence-electron chi connectivity index (χ2n) is 15.4. The molecule has 1 atom stereocenters. The van der Waals surface area contributed by atoms with Crippen molar-refractivity contribution >= 4 is 66.0 Å². The normalized spacial score (nSPS) is 14.1. The van der Waals surface area contributed by atoms with Crippen LogP contribution in [-0.2, 0) is 26.9 Å². The highest BCUT2D eigenvalue weighted by atomic mass is 35.5. The van der Waals surface area contributed by atoms with Gasteiger partial charge in [-0.15, -0.1) is 11.8 Å². The van der Waals surface area contributed by atoms with Crippen molar-refractivity contribution in [3.05, 3.63) is 137 Å². The predicted molar refractivity (Wildman–Crippen MR) is 250 cm³/mol. The van der Waals surface area contributed by atoms with Crippen LogP contribution in [0.3, 0.4) is 0 Å². The van der Waals surface area contributed by atoms with Gasteiger partial charge in [0, 0.05) is 83.8 Å². The van der Waals surface area contributed by atoms with Crippen molar-refractivity contribution in [2.75, 3.05) is 58.3 Å². The Hall–Kier alpha value is -5.20. The number of anilines is 4. The molecular formula is C46H47ClF4N6O4S3. The van der Waals surface area contributed by atoms with Crippen LogP contribution in [0.4, 0.5) is 40.3 Å². The Kier molecular flexibility index (Phi) is 14.0. The Balaban J connectivity index is 1.04. The number of thioether (sulfide) groups is 1. The second kappa shape index (κ2) is 19.1. The van der Waals surface area contributed by atoms with Crippen LogP contribution in [-0.4, -0.2) is 71.4 Å². The first-order chi connectivity index (χ1) is 30.4. The van der Waals surface area contributed by atoms with E-state index in [1.165, 1.54) is 17.8 Å². The van der Waals surface area contributed by atoms with Gasteiger partial charge in [0.2, 0.25) is 0 Å². The first-order valence-electron chi connectivity index (χ1n) is 20.3. The highest BCUT2D eigenvalue weighted by Crippen LogP contribution is 2.41. The molecule has 4 N–H and O–H groups in total. The maximum absolute atomic E-state index is 14.6. The quantitative estimate of drug-likeness (QED) is 0.0681. The molecule has 0 bridgehead atoms. The minimum absolute atomic E-state index is 0.0629. The highest BCUT2D eigenvalue weighted by molar-refractivity contribution is 7.99. The Labute approximate surface area is 380 Å². The van der Waals surface area contributed by atoms with Crippen LogP contribution in [0.5, 0.6) is 0 Å². The molecule has 10 nitrogen and oxygen atoms in total. The zero-order valence-electron chi connectivity index (χ0n) is 35.2. The van der Waals surface area contributed by atoms with Gasteiger partial charge >= 0.3 is 5.51 Å². The third-order valence-electron chi connectivity index (χ3n) is 11.4. The van der Waals surface area contributed by atoms with Gasteiger partial charge in [0.1, 0.15) is 10.7 Å². The molecule has 0 aliphatic carbocycles. The minimum atomic E-state index is -5.98. The first-order valence-corrected chi connectivity index (χ1v) is 24.7. The summed E-state index contributed by atoms with van der Waals surface area (Å²) in [5, 5.41) is 2.94. The Morgan fingerprint density at radius 3 is 2.11 bits per heavy atom. The summed E-state index contributed by atoms with van der Waals surface area (Å²) in [6.45, 7) is 6.95. The van der Waals surface area contributed by atoms with Crippen molar-refractivity contribution in [2.24, 2.45) is 12.8 Å². The van der Waals surface area contributed by atoms with Crippen molar-refractivity contribution < 1.29 is 34.4 Å². The van der Waals surface area contributed by atoms with Gasteiger partial charge in [-0.25, -0.2) is 21.2 Å². The number of benzene rings is 5. The van der Waals surface area contributed by atoms with E-state index in [9.17, 15) is 34.4 Å². The molecule has 0 radical (unpaired) electrons. The number of nitrogens with zero attached hydrogens (tertiary/aromatic N) is 3. The lowest BCUT2D eigenvalue weighted by molar-refractivity contribution is -0.0435. The third-order valence-corrected chi connectivity index (χ3v) is 15.8. The van der Waals surface area contributed by atoms with Crippen molar-refractivity contribution in [1.82, 2.24) is 4.57 Å². The van der Waals surface area contributed by atoms with Crippen molar-refractivity contribution in [3.63, 3.8) is 0 Å². The van der Waals surface area contributed by atoms with E-state index in [1.54, 1.807) is 30.3 Å². The smallest absolute Gasteiger partial charge is 0.380 e. The molecule has 6 aromatic rings. The van der Waals surface area contributed by atoms with Gasteiger partial charge in [-0.2, -0.15) is 13.2 Å². The third kappa shape index (κ3) is 10.0. The topological polar surface area (TPSA) is 130 Å². The Morgan fingerprint density at radius 1 is 0.797 bits per heavy atom. The lowest BCUT2D eigenvalue weighted by Gasteiger charge is -2.37. The average molecular weight is 956 g/mol. The lowest BCUT2D eigenvalue weighted by Crippen LogP contribution is -2.46. The minimum Gasteiger partial charge on any atom is -0.380 e. The number of halogens is 5. The number of sulfonamides is 1. The lowest BCUT2D eigenvalue weighted by atomic mass is 9.97. The Morgan fingerprint density at radius 2 is 1.47 bits per heavy atom. The summed E-state index contributed by atoms with van der Waals surface area (Å²) in [7, 11) is -8.56. The summed E-state index contributed by atoms with van der Waals surface area (Å²) in [4.78, 5) is 3.47. The monoisotopic (exact) mass is 954 g/mol. The van der Waals surface area contributed by atoms with Crippen LogP contribution in [0.2, 0.25) is 5.02 Å². The molecule has 0 amide bonds. The van der Waals surface area contributed by atoms with Crippen molar-refractivity contribution in [3.8, 4) is 22.4 Å². The molecule has 1 aromatic heterocycles.